The smallest absolute Gasteiger partial charge is 0.356 e. The van der Waals surface area contributed by atoms with Gasteiger partial charge < -0.3 is 5.11 Å². The molecule has 100 valence electrons. The Morgan fingerprint density at radius 1 is 1.20 bits per heavy atom. The number of aromatic nitrogens is 2. The average Bonchev–Trinajstić information content (AvgIpc) is 2.80. The zero-order valence-corrected chi connectivity index (χ0v) is 11.6. The number of aromatic carboxylic acids is 1. The second kappa shape index (κ2) is 4.72. The van der Waals surface area contributed by atoms with Gasteiger partial charge in [0.15, 0.2) is 5.69 Å². The number of halogens is 2. The Bertz CT molecular complexity index is 829. The maximum absolute atomic E-state index is 13.9. The van der Waals surface area contributed by atoms with Crippen molar-refractivity contribution in [1.29, 1.82) is 0 Å². The van der Waals surface area contributed by atoms with Crippen LogP contribution < -0.4 is 0 Å². The first-order valence-electron chi connectivity index (χ1n) is 5.75. The molecule has 1 N–H and O–H groups in total. The highest BCUT2D eigenvalue weighted by molar-refractivity contribution is 9.10. The molecule has 0 aliphatic heterocycles. The van der Waals surface area contributed by atoms with Crippen molar-refractivity contribution >= 4 is 27.4 Å². The molecule has 0 amide bonds. The minimum Gasteiger partial charge on any atom is -0.476 e. The number of pyridine rings is 1. The first-order valence-corrected chi connectivity index (χ1v) is 6.54. The predicted octanol–water partition coefficient (Wildman–Crippen LogP) is 3.60. The molecular formula is C14H8BrFN2O2. The van der Waals surface area contributed by atoms with Gasteiger partial charge in [-0.1, -0.05) is 18.2 Å². The van der Waals surface area contributed by atoms with Gasteiger partial charge in [-0.25, -0.2) is 14.2 Å². The van der Waals surface area contributed by atoms with E-state index in [2.05, 4.69) is 20.9 Å². The standard InChI is InChI=1S/C14H8BrFN2O2/c15-11-7-3-6-10-12(14(19)20)17-13(18(10)11)8-4-1-2-5-9(8)16/h1-7H,(H,19,20). The molecule has 0 atom stereocenters. The molecule has 20 heavy (non-hydrogen) atoms. The number of hydrogen-bond acceptors (Lipinski definition) is 2. The van der Waals surface area contributed by atoms with Crippen LogP contribution in [0.2, 0.25) is 0 Å². The zero-order chi connectivity index (χ0) is 14.3. The molecule has 0 radical (unpaired) electrons. The quantitative estimate of drug-likeness (QED) is 0.728. The molecule has 0 bridgehead atoms. The average molecular weight is 335 g/mol. The summed E-state index contributed by atoms with van der Waals surface area (Å²) in [6.07, 6.45) is 0. The molecule has 0 aliphatic carbocycles. The summed E-state index contributed by atoms with van der Waals surface area (Å²) in [5.74, 6) is -1.35. The molecule has 0 spiro atoms. The molecule has 3 aromatic rings. The maximum Gasteiger partial charge on any atom is 0.356 e. The van der Waals surface area contributed by atoms with Crippen molar-refractivity contribution in [3.05, 3.63) is 58.6 Å². The van der Waals surface area contributed by atoms with E-state index in [1.807, 2.05) is 0 Å². The molecule has 0 fully saturated rings. The molecule has 3 rings (SSSR count). The fourth-order valence-electron chi connectivity index (χ4n) is 2.08. The highest BCUT2D eigenvalue weighted by atomic mass is 79.9. The van der Waals surface area contributed by atoms with Crippen molar-refractivity contribution < 1.29 is 14.3 Å². The largest absolute Gasteiger partial charge is 0.476 e. The molecule has 6 heteroatoms. The van der Waals surface area contributed by atoms with Gasteiger partial charge in [-0.2, -0.15) is 0 Å². The van der Waals surface area contributed by atoms with Crippen LogP contribution in [0.1, 0.15) is 10.5 Å². The highest BCUT2D eigenvalue weighted by Gasteiger charge is 2.20. The van der Waals surface area contributed by atoms with Crippen LogP contribution in [0, 0.1) is 5.82 Å². The Morgan fingerprint density at radius 3 is 2.65 bits per heavy atom. The number of hydrogen-bond donors (Lipinski definition) is 1. The fraction of sp³-hybridized carbons (Fsp3) is 0. The lowest BCUT2D eigenvalue weighted by Crippen LogP contribution is -1.97. The number of fused-ring (bicyclic) bond motifs is 1. The van der Waals surface area contributed by atoms with Crippen LogP contribution >= 0.6 is 15.9 Å². The van der Waals surface area contributed by atoms with E-state index in [1.165, 1.54) is 6.07 Å². The van der Waals surface area contributed by atoms with Crippen molar-refractivity contribution in [2.45, 2.75) is 0 Å². The Kier molecular flexibility index (Phi) is 3.02. The van der Waals surface area contributed by atoms with E-state index in [9.17, 15) is 14.3 Å². The van der Waals surface area contributed by atoms with E-state index < -0.39 is 11.8 Å². The first-order chi connectivity index (χ1) is 9.59. The predicted molar refractivity (Wildman–Crippen MR) is 75.2 cm³/mol. The number of rotatable bonds is 2. The molecule has 2 heterocycles. The Labute approximate surface area is 121 Å². The van der Waals surface area contributed by atoms with Crippen molar-refractivity contribution in [2.75, 3.05) is 0 Å². The van der Waals surface area contributed by atoms with E-state index in [4.69, 9.17) is 0 Å². The van der Waals surface area contributed by atoms with Gasteiger partial charge in [0, 0.05) is 0 Å². The monoisotopic (exact) mass is 334 g/mol. The summed E-state index contributed by atoms with van der Waals surface area (Å²) in [4.78, 5) is 15.3. The van der Waals surface area contributed by atoms with E-state index in [0.717, 1.165) is 0 Å². The number of carboxylic acid groups (broad SMARTS) is 1. The van der Waals surface area contributed by atoms with E-state index in [1.54, 1.807) is 40.8 Å². The molecular weight excluding hydrogens is 327 g/mol. The Hall–Kier alpha value is -2.21. The lowest BCUT2D eigenvalue weighted by Gasteiger charge is -2.04. The summed E-state index contributed by atoms with van der Waals surface area (Å²) in [6, 6.07) is 11.2. The van der Waals surface area contributed by atoms with Gasteiger partial charge in [-0.3, -0.25) is 4.40 Å². The minimum absolute atomic E-state index is 0.107. The second-order valence-corrected chi connectivity index (χ2v) is 4.95. The summed E-state index contributed by atoms with van der Waals surface area (Å²) in [7, 11) is 0. The molecule has 0 saturated carbocycles. The lowest BCUT2D eigenvalue weighted by atomic mass is 10.2. The number of benzene rings is 1. The van der Waals surface area contributed by atoms with Gasteiger partial charge >= 0.3 is 5.97 Å². The van der Waals surface area contributed by atoms with Crippen LogP contribution in [0.15, 0.2) is 47.1 Å². The van der Waals surface area contributed by atoms with Crippen molar-refractivity contribution in [1.82, 2.24) is 9.38 Å². The summed E-state index contributed by atoms with van der Waals surface area (Å²) < 4.78 is 16.1. The third-order valence-electron chi connectivity index (χ3n) is 2.93. The van der Waals surface area contributed by atoms with Crippen LogP contribution in [0.3, 0.4) is 0 Å². The summed E-state index contributed by atoms with van der Waals surface area (Å²) in [5, 5.41) is 9.22. The third-order valence-corrected chi connectivity index (χ3v) is 3.55. The molecule has 2 aromatic heterocycles. The maximum atomic E-state index is 13.9. The van der Waals surface area contributed by atoms with Gasteiger partial charge in [0.25, 0.3) is 0 Å². The van der Waals surface area contributed by atoms with Gasteiger partial charge in [0.2, 0.25) is 0 Å². The van der Waals surface area contributed by atoms with E-state index in [0.29, 0.717) is 10.1 Å². The van der Waals surface area contributed by atoms with Gasteiger partial charge in [0.1, 0.15) is 11.6 Å². The topological polar surface area (TPSA) is 54.6 Å². The van der Waals surface area contributed by atoms with Gasteiger partial charge in [-0.05, 0) is 40.2 Å². The van der Waals surface area contributed by atoms with Crippen molar-refractivity contribution in [2.24, 2.45) is 0 Å². The molecule has 0 saturated heterocycles. The second-order valence-electron chi connectivity index (χ2n) is 4.14. The van der Waals surface area contributed by atoms with Crippen molar-refractivity contribution in [3.63, 3.8) is 0 Å². The van der Waals surface area contributed by atoms with Crippen LogP contribution in [0.5, 0.6) is 0 Å². The number of imidazole rings is 1. The zero-order valence-electron chi connectivity index (χ0n) is 10.0. The first kappa shape index (κ1) is 12.8. The van der Waals surface area contributed by atoms with Crippen LogP contribution in [-0.2, 0) is 0 Å². The van der Waals surface area contributed by atoms with Crippen LogP contribution in [0.25, 0.3) is 16.9 Å². The summed E-state index contributed by atoms with van der Waals surface area (Å²) in [6.45, 7) is 0. The Balaban J connectivity index is 2.43. The van der Waals surface area contributed by atoms with Crippen LogP contribution in [-0.4, -0.2) is 20.5 Å². The summed E-state index contributed by atoms with van der Waals surface area (Å²) >= 11 is 3.34. The third kappa shape index (κ3) is 1.89. The number of carbonyl (C=O) groups is 1. The van der Waals surface area contributed by atoms with Gasteiger partial charge in [0.05, 0.1) is 15.7 Å². The van der Waals surface area contributed by atoms with Crippen molar-refractivity contribution in [3.8, 4) is 11.4 Å². The van der Waals surface area contributed by atoms with Crippen LogP contribution in [0.4, 0.5) is 4.39 Å². The lowest BCUT2D eigenvalue weighted by molar-refractivity contribution is 0.0693. The molecule has 0 aliphatic rings. The van der Waals surface area contributed by atoms with Gasteiger partial charge in [-0.15, -0.1) is 0 Å². The van der Waals surface area contributed by atoms with E-state index in [-0.39, 0.29) is 17.1 Å². The molecule has 0 unspecified atom stereocenters. The molecule has 4 nitrogen and oxygen atoms in total. The normalized spacial score (nSPS) is 10.9. The number of carboxylic acids is 1. The minimum atomic E-state index is -1.15. The highest BCUT2D eigenvalue weighted by Crippen LogP contribution is 2.28. The molecule has 1 aromatic carbocycles. The SMILES string of the molecule is O=C(O)c1nc(-c2ccccc2F)n2c(Br)cccc12. The van der Waals surface area contributed by atoms with E-state index >= 15 is 0 Å². The fourth-order valence-corrected chi connectivity index (χ4v) is 2.59. The summed E-state index contributed by atoms with van der Waals surface area (Å²) in [5.41, 5.74) is 0.552. The Morgan fingerprint density at radius 2 is 1.95 bits per heavy atom. The number of nitrogens with zero attached hydrogens (tertiary/aromatic N) is 2.